The third kappa shape index (κ3) is 3.75. The highest BCUT2D eigenvalue weighted by Crippen LogP contribution is 2.36. The number of hydrogen-bond acceptors (Lipinski definition) is 3. The van der Waals surface area contributed by atoms with Gasteiger partial charge >= 0.3 is 5.97 Å². The number of methoxy groups -OCH3 is 1. The Bertz CT molecular complexity index is 1330. The number of para-hydroxylation sites is 1. The summed E-state index contributed by atoms with van der Waals surface area (Å²) in [5.41, 5.74) is 3.62. The monoisotopic (exact) mass is 448 g/mol. The lowest BCUT2D eigenvalue weighted by molar-refractivity contribution is -0.136. The lowest BCUT2D eigenvalue weighted by Crippen LogP contribution is -2.24. The number of carbonyl (C=O) groups is 2. The molecule has 0 fully saturated rings. The fraction of sp³-hybridized carbons (Fsp3) is 0.154. The minimum absolute atomic E-state index is 0.127. The van der Waals surface area contributed by atoms with Gasteiger partial charge in [0.05, 0.1) is 23.9 Å². The molecule has 0 radical (unpaired) electrons. The highest BCUT2D eigenvalue weighted by molar-refractivity contribution is 6.23. The zero-order chi connectivity index (χ0) is 23.9. The SMILES string of the molecule is COC(=O)C1=C(C)N(c2ccc(F)cc2)C(=O)/C1=C\c1cc(C)n(-c2ccccc2F)c1C. The van der Waals surface area contributed by atoms with Crippen molar-refractivity contribution in [2.45, 2.75) is 20.8 Å². The van der Waals surface area contributed by atoms with Gasteiger partial charge in [-0.15, -0.1) is 0 Å². The molecule has 168 valence electrons. The molecule has 0 bridgehead atoms. The van der Waals surface area contributed by atoms with Crippen LogP contribution in [0.3, 0.4) is 0 Å². The number of ether oxygens (including phenoxy) is 1. The number of aryl methyl sites for hydroxylation is 1. The van der Waals surface area contributed by atoms with Crippen molar-refractivity contribution in [3.8, 4) is 5.69 Å². The number of aromatic nitrogens is 1. The number of nitrogens with zero attached hydrogens (tertiary/aromatic N) is 2. The van der Waals surface area contributed by atoms with Crippen molar-refractivity contribution in [1.82, 2.24) is 4.57 Å². The molecule has 4 rings (SSSR count). The van der Waals surface area contributed by atoms with Crippen LogP contribution in [0.5, 0.6) is 0 Å². The van der Waals surface area contributed by atoms with Crippen LogP contribution in [0.1, 0.15) is 23.9 Å². The molecule has 0 atom stereocenters. The third-order valence-electron chi connectivity index (χ3n) is 5.74. The number of hydrogen-bond donors (Lipinski definition) is 0. The van der Waals surface area contributed by atoms with Crippen LogP contribution in [0.15, 0.2) is 71.4 Å². The largest absolute Gasteiger partial charge is 0.465 e. The molecule has 3 aromatic rings. The Balaban J connectivity index is 1.86. The number of amides is 1. The number of rotatable bonds is 4. The first-order chi connectivity index (χ1) is 15.7. The second kappa shape index (κ2) is 8.50. The van der Waals surface area contributed by atoms with Crippen LogP contribution in [-0.4, -0.2) is 23.6 Å². The standard InChI is InChI=1S/C26H22F2N2O3/c1-15-13-18(16(2)29(15)23-8-6-5-7-22(23)28)14-21-24(26(32)33-4)17(3)30(25(21)31)20-11-9-19(27)10-12-20/h5-14H,1-4H3/b21-14-. The van der Waals surface area contributed by atoms with E-state index in [1.54, 1.807) is 35.8 Å². The molecule has 0 saturated heterocycles. The van der Waals surface area contributed by atoms with E-state index in [4.69, 9.17) is 4.74 Å². The Morgan fingerprint density at radius 3 is 2.30 bits per heavy atom. The summed E-state index contributed by atoms with van der Waals surface area (Å²) in [4.78, 5) is 27.4. The van der Waals surface area contributed by atoms with Gasteiger partial charge < -0.3 is 9.30 Å². The van der Waals surface area contributed by atoms with Crippen molar-refractivity contribution >= 4 is 23.6 Å². The molecule has 1 aliphatic heterocycles. The minimum atomic E-state index is -0.653. The average Bonchev–Trinajstić information content (AvgIpc) is 3.20. The Hall–Kier alpha value is -4.00. The minimum Gasteiger partial charge on any atom is -0.465 e. The molecule has 33 heavy (non-hydrogen) atoms. The fourth-order valence-electron chi connectivity index (χ4n) is 4.17. The topological polar surface area (TPSA) is 51.5 Å². The van der Waals surface area contributed by atoms with Crippen molar-refractivity contribution in [3.63, 3.8) is 0 Å². The van der Waals surface area contributed by atoms with E-state index in [1.165, 1.54) is 42.3 Å². The molecule has 1 aliphatic rings. The molecule has 0 saturated carbocycles. The van der Waals surface area contributed by atoms with Crippen molar-refractivity contribution in [1.29, 1.82) is 0 Å². The van der Waals surface area contributed by atoms with Gasteiger partial charge in [-0.2, -0.15) is 0 Å². The Labute approximate surface area is 190 Å². The van der Waals surface area contributed by atoms with Crippen LogP contribution in [0, 0.1) is 25.5 Å². The third-order valence-corrected chi connectivity index (χ3v) is 5.74. The summed E-state index contributed by atoms with van der Waals surface area (Å²) in [5.74, 6) is -1.89. The van der Waals surface area contributed by atoms with Crippen LogP contribution >= 0.6 is 0 Å². The molecule has 1 aromatic heterocycles. The Morgan fingerprint density at radius 1 is 1.00 bits per heavy atom. The summed E-state index contributed by atoms with van der Waals surface area (Å²) in [7, 11) is 1.25. The van der Waals surface area contributed by atoms with Gasteiger partial charge in [-0.3, -0.25) is 9.69 Å². The second-order valence-electron chi connectivity index (χ2n) is 7.74. The highest BCUT2D eigenvalue weighted by Gasteiger charge is 2.38. The summed E-state index contributed by atoms with van der Waals surface area (Å²) in [6.45, 7) is 5.29. The van der Waals surface area contributed by atoms with E-state index in [0.717, 1.165) is 5.69 Å². The van der Waals surface area contributed by atoms with Crippen LogP contribution in [-0.2, 0) is 14.3 Å². The van der Waals surface area contributed by atoms with E-state index in [-0.39, 0.29) is 17.0 Å². The fourth-order valence-corrected chi connectivity index (χ4v) is 4.17. The highest BCUT2D eigenvalue weighted by atomic mass is 19.1. The van der Waals surface area contributed by atoms with E-state index in [0.29, 0.717) is 28.3 Å². The summed E-state index contributed by atoms with van der Waals surface area (Å²) in [6.07, 6.45) is 1.61. The summed E-state index contributed by atoms with van der Waals surface area (Å²) in [5, 5.41) is 0. The van der Waals surface area contributed by atoms with Gasteiger partial charge in [0.15, 0.2) is 0 Å². The number of allylic oxidation sites excluding steroid dienone is 1. The van der Waals surface area contributed by atoms with E-state index >= 15 is 0 Å². The normalized spacial score (nSPS) is 15.0. The van der Waals surface area contributed by atoms with Crippen LogP contribution in [0.4, 0.5) is 14.5 Å². The smallest absolute Gasteiger partial charge is 0.340 e. The van der Waals surface area contributed by atoms with Gasteiger partial charge in [0.2, 0.25) is 0 Å². The first-order valence-electron chi connectivity index (χ1n) is 10.3. The van der Waals surface area contributed by atoms with Gasteiger partial charge in [0, 0.05) is 22.8 Å². The lowest BCUT2D eigenvalue weighted by atomic mass is 10.0. The molecule has 1 amide bonds. The van der Waals surface area contributed by atoms with Gasteiger partial charge in [-0.25, -0.2) is 13.6 Å². The maximum absolute atomic E-state index is 14.5. The molecule has 2 heterocycles. The van der Waals surface area contributed by atoms with E-state index in [9.17, 15) is 18.4 Å². The van der Waals surface area contributed by atoms with Gasteiger partial charge in [-0.1, -0.05) is 12.1 Å². The van der Waals surface area contributed by atoms with Crippen molar-refractivity contribution in [2.24, 2.45) is 0 Å². The number of carbonyl (C=O) groups excluding carboxylic acids is 2. The summed E-state index contributed by atoms with van der Waals surface area (Å²) >= 11 is 0. The molecule has 2 aromatic carbocycles. The summed E-state index contributed by atoms with van der Waals surface area (Å²) < 4.78 is 34.6. The van der Waals surface area contributed by atoms with Crippen LogP contribution < -0.4 is 4.90 Å². The Kier molecular flexibility index (Phi) is 5.72. The zero-order valence-corrected chi connectivity index (χ0v) is 18.6. The molecule has 0 aliphatic carbocycles. The van der Waals surface area contributed by atoms with Gasteiger partial charge in [0.1, 0.15) is 11.6 Å². The van der Waals surface area contributed by atoms with Gasteiger partial charge in [0.25, 0.3) is 5.91 Å². The van der Waals surface area contributed by atoms with Crippen LogP contribution in [0.2, 0.25) is 0 Å². The zero-order valence-electron chi connectivity index (χ0n) is 18.6. The maximum Gasteiger partial charge on any atom is 0.340 e. The Morgan fingerprint density at radius 2 is 1.67 bits per heavy atom. The first kappa shape index (κ1) is 22.2. The molecule has 7 heteroatoms. The van der Waals surface area contributed by atoms with E-state index < -0.39 is 17.7 Å². The van der Waals surface area contributed by atoms with E-state index in [1.807, 2.05) is 19.9 Å². The predicted octanol–water partition coefficient (Wildman–Crippen LogP) is 5.25. The first-order valence-corrected chi connectivity index (χ1v) is 10.3. The number of halogens is 2. The molecular formula is C26H22F2N2O3. The van der Waals surface area contributed by atoms with Crippen molar-refractivity contribution in [2.75, 3.05) is 12.0 Å². The summed E-state index contributed by atoms with van der Waals surface area (Å²) in [6, 6.07) is 13.7. The second-order valence-corrected chi connectivity index (χ2v) is 7.74. The number of benzene rings is 2. The van der Waals surface area contributed by atoms with Crippen molar-refractivity contribution in [3.05, 3.63) is 100 Å². The number of anilines is 1. The molecule has 0 N–H and O–H groups in total. The molecular weight excluding hydrogens is 426 g/mol. The van der Waals surface area contributed by atoms with Crippen molar-refractivity contribution < 1.29 is 23.1 Å². The van der Waals surface area contributed by atoms with E-state index in [2.05, 4.69) is 0 Å². The molecule has 0 spiro atoms. The maximum atomic E-state index is 14.5. The molecule has 0 unspecified atom stereocenters. The van der Waals surface area contributed by atoms with Gasteiger partial charge in [-0.05, 0) is 74.9 Å². The molecule has 5 nitrogen and oxygen atoms in total. The quantitative estimate of drug-likeness (QED) is 0.405. The number of esters is 1. The average molecular weight is 448 g/mol. The lowest BCUT2D eigenvalue weighted by Gasteiger charge is -2.17. The van der Waals surface area contributed by atoms with Crippen LogP contribution in [0.25, 0.3) is 11.8 Å². The predicted molar refractivity (Wildman–Crippen MR) is 122 cm³/mol.